The van der Waals surface area contributed by atoms with Crippen molar-refractivity contribution in [3.8, 4) is 12.3 Å². The van der Waals surface area contributed by atoms with Crippen LogP contribution in [0.15, 0.2) is 0 Å². The van der Waals surface area contributed by atoms with Crippen LogP contribution >= 0.6 is 0 Å². The van der Waals surface area contributed by atoms with Crippen LogP contribution in [0.1, 0.15) is 117 Å². The van der Waals surface area contributed by atoms with Gasteiger partial charge >= 0.3 is 0 Å². The summed E-state index contributed by atoms with van der Waals surface area (Å²) in [5, 5.41) is 0. The average molecular weight is 485 g/mol. The monoisotopic (exact) mass is 484 g/mol. The van der Waals surface area contributed by atoms with Crippen molar-refractivity contribution in [2.45, 2.75) is 135 Å². The van der Waals surface area contributed by atoms with E-state index in [0.29, 0.717) is 41.3 Å². The van der Waals surface area contributed by atoms with Gasteiger partial charge in [-0.3, -0.25) is 4.79 Å². The first-order chi connectivity index (χ1) is 16.8. The van der Waals surface area contributed by atoms with Crippen LogP contribution in [0.2, 0.25) is 0 Å². The maximum absolute atomic E-state index is 13.1. The molecule has 0 heterocycles. The second-order valence-electron chi connectivity index (χ2n) is 13.3. The highest BCUT2D eigenvalue weighted by atomic mass is 16.5. The fourth-order valence-corrected chi connectivity index (χ4v) is 8.18. The molecule has 4 aliphatic rings. The van der Waals surface area contributed by atoms with E-state index in [1.54, 1.807) is 7.11 Å². The van der Waals surface area contributed by atoms with E-state index in [-0.39, 0.29) is 11.8 Å². The van der Waals surface area contributed by atoms with Crippen molar-refractivity contribution < 1.29 is 14.3 Å². The smallest absolute Gasteiger partial charge is 0.139 e. The molecular formula is C32H52O3. The minimum atomic E-state index is 0.278. The molecule has 0 spiro atoms. The summed E-state index contributed by atoms with van der Waals surface area (Å²) in [5.41, 5.74) is 0.376. The molecule has 3 heteroatoms. The van der Waals surface area contributed by atoms with Crippen molar-refractivity contribution in [3.05, 3.63) is 0 Å². The number of hydrogen-bond donors (Lipinski definition) is 0. The molecule has 3 nitrogen and oxygen atoms in total. The summed E-state index contributed by atoms with van der Waals surface area (Å²) < 4.78 is 12.1. The van der Waals surface area contributed by atoms with Gasteiger partial charge < -0.3 is 9.47 Å². The lowest BCUT2D eigenvalue weighted by molar-refractivity contribution is -0.131. The van der Waals surface area contributed by atoms with Crippen LogP contribution in [0.25, 0.3) is 0 Å². The van der Waals surface area contributed by atoms with Gasteiger partial charge in [0.15, 0.2) is 0 Å². The van der Waals surface area contributed by atoms with Crippen LogP contribution in [0.4, 0.5) is 0 Å². The largest absolute Gasteiger partial charge is 0.381 e. The number of methoxy groups -OCH3 is 1. The van der Waals surface area contributed by atoms with Crippen molar-refractivity contribution in [1.82, 2.24) is 0 Å². The van der Waals surface area contributed by atoms with Crippen molar-refractivity contribution in [2.75, 3.05) is 7.11 Å². The third-order valence-corrected chi connectivity index (χ3v) is 11.1. The van der Waals surface area contributed by atoms with Gasteiger partial charge in [0.2, 0.25) is 0 Å². The molecule has 4 rings (SSSR count). The van der Waals surface area contributed by atoms with E-state index in [9.17, 15) is 4.79 Å². The molecule has 0 bridgehead atoms. The highest BCUT2D eigenvalue weighted by Crippen LogP contribution is 2.50. The van der Waals surface area contributed by atoms with Crippen molar-refractivity contribution in [2.24, 2.45) is 40.9 Å². The van der Waals surface area contributed by atoms with Gasteiger partial charge in [-0.05, 0) is 119 Å². The first-order valence-corrected chi connectivity index (χ1v) is 15.0. The summed E-state index contributed by atoms with van der Waals surface area (Å²) in [7, 11) is 1.80. The Labute approximate surface area is 215 Å². The van der Waals surface area contributed by atoms with E-state index in [1.807, 2.05) is 0 Å². The van der Waals surface area contributed by atoms with Gasteiger partial charge in [0.25, 0.3) is 0 Å². The minimum Gasteiger partial charge on any atom is -0.381 e. The Kier molecular flexibility index (Phi) is 9.42. The molecule has 4 saturated carbocycles. The van der Waals surface area contributed by atoms with Crippen LogP contribution in [0, 0.1) is 53.3 Å². The molecule has 35 heavy (non-hydrogen) atoms. The zero-order chi connectivity index (χ0) is 25.0. The van der Waals surface area contributed by atoms with Crippen LogP contribution in [-0.2, 0) is 14.3 Å². The van der Waals surface area contributed by atoms with E-state index >= 15 is 0 Å². The predicted molar refractivity (Wildman–Crippen MR) is 143 cm³/mol. The molecule has 0 aromatic heterocycles. The van der Waals surface area contributed by atoms with Crippen LogP contribution in [0.5, 0.6) is 0 Å². The van der Waals surface area contributed by atoms with Crippen molar-refractivity contribution in [1.29, 1.82) is 0 Å². The summed E-state index contributed by atoms with van der Waals surface area (Å²) in [6.07, 6.45) is 24.3. The van der Waals surface area contributed by atoms with Gasteiger partial charge in [-0.1, -0.05) is 20.8 Å². The maximum Gasteiger partial charge on any atom is 0.139 e. The zero-order valence-electron chi connectivity index (χ0n) is 23.1. The number of ether oxygens (including phenoxy) is 2. The van der Waals surface area contributed by atoms with E-state index in [1.165, 1.54) is 44.9 Å². The molecule has 0 saturated heterocycles. The van der Waals surface area contributed by atoms with E-state index < -0.39 is 0 Å². The van der Waals surface area contributed by atoms with E-state index in [2.05, 4.69) is 26.7 Å². The molecular weight excluding hydrogens is 432 g/mol. The van der Waals surface area contributed by atoms with Crippen LogP contribution < -0.4 is 0 Å². The Hall–Kier alpha value is -0.850. The molecule has 0 amide bonds. The van der Waals surface area contributed by atoms with Crippen LogP contribution in [0.3, 0.4) is 0 Å². The average Bonchev–Trinajstić information content (AvgIpc) is 2.89. The second-order valence-corrected chi connectivity index (χ2v) is 13.3. The van der Waals surface area contributed by atoms with Gasteiger partial charge in [0.1, 0.15) is 5.78 Å². The first-order valence-electron chi connectivity index (χ1n) is 15.0. The van der Waals surface area contributed by atoms with Gasteiger partial charge in [0.05, 0.1) is 18.3 Å². The molecule has 0 aliphatic heterocycles. The first kappa shape index (κ1) is 27.2. The molecule has 3 atom stereocenters. The SMILES string of the molecule is C#CC1CC(C(C)(C)C2CCC(OC3CCC(C(=O)C4CCC(OC)CC4)CC3)CC2)CCC1C. The molecule has 4 aliphatic carbocycles. The number of ketones is 1. The lowest BCUT2D eigenvalue weighted by Gasteiger charge is -2.48. The quantitative estimate of drug-likeness (QED) is 0.349. The Balaban J connectivity index is 1.17. The second kappa shape index (κ2) is 12.1. The van der Waals surface area contributed by atoms with Crippen molar-refractivity contribution in [3.63, 3.8) is 0 Å². The highest BCUT2D eigenvalue weighted by molar-refractivity contribution is 5.83. The highest BCUT2D eigenvalue weighted by Gasteiger charge is 2.42. The van der Waals surface area contributed by atoms with Gasteiger partial charge in [0, 0.05) is 24.9 Å². The van der Waals surface area contributed by atoms with E-state index in [0.717, 1.165) is 63.2 Å². The third-order valence-electron chi connectivity index (χ3n) is 11.1. The van der Waals surface area contributed by atoms with Gasteiger partial charge in [-0.15, -0.1) is 12.3 Å². The van der Waals surface area contributed by atoms with Crippen LogP contribution in [-0.4, -0.2) is 31.2 Å². The summed E-state index contributed by atoms with van der Waals surface area (Å²) in [6, 6.07) is 0. The Bertz CT molecular complexity index is 712. The fourth-order valence-electron chi connectivity index (χ4n) is 8.18. The summed E-state index contributed by atoms with van der Waals surface area (Å²) in [6.45, 7) is 7.38. The Morgan fingerprint density at radius 2 is 1.23 bits per heavy atom. The molecule has 0 radical (unpaired) electrons. The zero-order valence-corrected chi connectivity index (χ0v) is 23.1. The predicted octanol–water partition coefficient (Wildman–Crippen LogP) is 7.61. The molecule has 4 fully saturated rings. The lowest BCUT2D eigenvalue weighted by Crippen LogP contribution is -2.40. The summed E-state index contributed by atoms with van der Waals surface area (Å²) in [4.78, 5) is 13.1. The minimum absolute atomic E-state index is 0.278. The number of terminal acetylenes is 1. The van der Waals surface area contributed by atoms with E-state index in [4.69, 9.17) is 15.9 Å². The maximum atomic E-state index is 13.1. The molecule has 0 aromatic carbocycles. The number of rotatable bonds is 7. The van der Waals surface area contributed by atoms with Gasteiger partial charge in [-0.25, -0.2) is 0 Å². The molecule has 198 valence electrons. The molecule has 0 N–H and O–H groups in total. The number of hydrogen-bond acceptors (Lipinski definition) is 3. The van der Waals surface area contributed by atoms with Gasteiger partial charge in [-0.2, -0.15) is 0 Å². The molecule has 0 aromatic rings. The molecule has 3 unspecified atom stereocenters. The number of Topliss-reactive ketones (excluding diaryl/α,β-unsaturated/α-hetero) is 1. The standard InChI is InChI=1S/C32H52O3/c1-6-23-21-27(12-7-22(23)2)32(3,4)26-13-19-30(20-14-26)35-29-17-10-25(11-18-29)31(33)24-8-15-28(34-5)16-9-24/h1,22-30H,7-21H2,2-5H3. The Morgan fingerprint density at radius 1 is 0.743 bits per heavy atom. The number of carbonyl (C=O) groups excluding carboxylic acids is 1. The lowest BCUT2D eigenvalue weighted by atomic mass is 9.58. The van der Waals surface area contributed by atoms with Crippen molar-refractivity contribution >= 4 is 5.78 Å². The summed E-state index contributed by atoms with van der Waals surface area (Å²) >= 11 is 0. The topological polar surface area (TPSA) is 35.5 Å². The third kappa shape index (κ3) is 6.54. The Morgan fingerprint density at radius 3 is 1.74 bits per heavy atom. The summed E-state index contributed by atoms with van der Waals surface area (Å²) in [5.74, 6) is 6.92. The normalized spacial score (nSPS) is 41.2. The number of carbonyl (C=O) groups is 1. The fraction of sp³-hybridized carbons (Fsp3) is 0.906.